The van der Waals surface area contributed by atoms with Gasteiger partial charge in [0.15, 0.2) is 11.6 Å². The van der Waals surface area contributed by atoms with Crippen LogP contribution in [0.2, 0.25) is 0 Å². The highest BCUT2D eigenvalue weighted by molar-refractivity contribution is 6.00. The average molecular weight is 288 g/mol. The third-order valence-corrected chi connectivity index (χ3v) is 3.37. The van der Waals surface area contributed by atoms with E-state index >= 15 is 0 Å². The Hall–Kier alpha value is -2.70. The van der Waals surface area contributed by atoms with Gasteiger partial charge >= 0.3 is 0 Å². The molecule has 1 saturated heterocycles. The van der Waals surface area contributed by atoms with E-state index in [1.54, 1.807) is 6.20 Å². The normalized spacial score (nSPS) is 15.6. The van der Waals surface area contributed by atoms with Crippen molar-refractivity contribution >= 4 is 23.3 Å². The number of pyridine rings is 1. The largest absolute Gasteiger partial charge is 0.326 e. The molecule has 0 N–H and O–H groups in total. The molecule has 1 aliphatic rings. The van der Waals surface area contributed by atoms with Crippen LogP contribution in [-0.4, -0.2) is 45.7 Å². The lowest BCUT2D eigenvalue weighted by Crippen LogP contribution is -2.52. The maximum Gasteiger partial charge on any atom is 0.282 e. The molecule has 0 bridgehead atoms. The number of carbonyl (C=O) groups is 2. The number of nitrogens with zero attached hydrogens (tertiary/aromatic N) is 4. The summed E-state index contributed by atoms with van der Waals surface area (Å²) in [6.07, 6.45) is 3.59. The number of anilines is 1. The summed E-state index contributed by atoms with van der Waals surface area (Å²) in [5.74, 6) is -1.65. The molecule has 21 heavy (non-hydrogen) atoms. The number of aromatic nitrogens is 2. The number of piperazine rings is 1. The Kier molecular flexibility index (Phi) is 3.17. The highest BCUT2D eigenvalue weighted by Gasteiger charge is 2.30. The number of hydrogen-bond acceptors (Lipinski definition) is 3. The number of amides is 2. The van der Waals surface area contributed by atoms with Crippen molar-refractivity contribution in [2.45, 2.75) is 0 Å². The maximum absolute atomic E-state index is 12.8. The molecule has 0 spiro atoms. The Morgan fingerprint density at radius 1 is 1.33 bits per heavy atom. The molecule has 0 aromatic carbocycles. The van der Waals surface area contributed by atoms with E-state index in [0.29, 0.717) is 5.82 Å². The van der Waals surface area contributed by atoms with Gasteiger partial charge in [0.25, 0.3) is 5.91 Å². The molecule has 108 valence electrons. The number of halogens is 1. The molecular weight excluding hydrogens is 275 g/mol. The molecule has 2 aromatic heterocycles. The van der Waals surface area contributed by atoms with E-state index in [1.165, 1.54) is 4.90 Å². The average Bonchev–Trinajstić information content (AvgIpc) is 2.89. The van der Waals surface area contributed by atoms with E-state index in [4.69, 9.17) is 0 Å². The van der Waals surface area contributed by atoms with Crippen LogP contribution in [0.1, 0.15) is 0 Å². The molecular formula is C14H13FN4O2. The van der Waals surface area contributed by atoms with Gasteiger partial charge in [-0.05, 0) is 12.1 Å². The first-order chi connectivity index (χ1) is 10.1. The predicted molar refractivity (Wildman–Crippen MR) is 74.4 cm³/mol. The smallest absolute Gasteiger partial charge is 0.282 e. The van der Waals surface area contributed by atoms with Gasteiger partial charge in [0.05, 0.1) is 6.20 Å². The van der Waals surface area contributed by atoms with Gasteiger partial charge in [0.1, 0.15) is 12.2 Å². The van der Waals surface area contributed by atoms with E-state index in [9.17, 15) is 14.0 Å². The first kappa shape index (κ1) is 13.3. The van der Waals surface area contributed by atoms with Crippen LogP contribution in [0.3, 0.4) is 0 Å². The van der Waals surface area contributed by atoms with Crippen LogP contribution in [0.5, 0.6) is 0 Å². The molecule has 2 amide bonds. The lowest BCUT2D eigenvalue weighted by atomic mass is 10.3. The highest BCUT2D eigenvalue weighted by atomic mass is 19.1. The topological polar surface area (TPSA) is 57.9 Å². The molecule has 0 atom stereocenters. The van der Waals surface area contributed by atoms with Crippen LogP contribution < -0.4 is 4.90 Å². The van der Waals surface area contributed by atoms with Crippen LogP contribution in [0, 0.1) is 0 Å². The van der Waals surface area contributed by atoms with Crippen molar-refractivity contribution in [3.05, 3.63) is 43.0 Å². The SMILES string of the molecule is C=C(F)C(=O)N1CCN(c2cn3ccccc3n2)C(=O)C1. The summed E-state index contributed by atoms with van der Waals surface area (Å²) >= 11 is 0. The third kappa shape index (κ3) is 2.37. The molecule has 0 unspecified atom stereocenters. The van der Waals surface area contributed by atoms with Gasteiger partial charge in [0, 0.05) is 19.3 Å². The van der Waals surface area contributed by atoms with Crippen molar-refractivity contribution in [2.24, 2.45) is 0 Å². The van der Waals surface area contributed by atoms with Crippen molar-refractivity contribution in [3.63, 3.8) is 0 Å². The maximum atomic E-state index is 12.8. The zero-order valence-electron chi connectivity index (χ0n) is 11.2. The van der Waals surface area contributed by atoms with Crippen molar-refractivity contribution in [2.75, 3.05) is 24.5 Å². The molecule has 0 saturated carbocycles. The number of fused-ring (bicyclic) bond motifs is 1. The molecule has 3 rings (SSSR count). The zero-order chi connectivity index (χ0) is 15.0. The minimum absolute atomic E-state index is 0.171. The van der Waals surface area contributed by atoms with Crippen LogP contribution in [0.4, 0.5) is 10.2 Å². The first-order valence-electron chi connectivity index (χ1n) is 6.44. The summed E-state index contributed by atoms with van der Waals surface area (Å²) in [7, 11) is 0. The minimum Gasteiger partial charge on any atom is -0.326 e. The molecule has 0 radical (unpaired) electrons. The molecule has 6 nitrogen and oxygen atoms in total. The third-order valence-electron chi connectivity index (χ3n) is 3.37. The Morgan fingerprint density at radius 2 is 2.14 bits per heavy atom. The lowest BCUT2D eigenvalue weighted by molar-refractivity contribution is -0.134. The van der Waals surface area contributed by atoms with E-state index in [1.807, 2.05) is 28.8 Å². The van der Waals surface area contributed by atoms with Crippen molar-refractivity contribution in [1.82, 2.24) is 14.3 Å². The fraction of sp³-hybridized carbons (Fsp3) is 0.214. The summed E-state index contributed by atoms with van der Waals surface area (Å²) in [4.78, 5) is 30.6. The van der Waals surface area contributed by atoms with E-state index < -0.39 is 11.7 Å². The summed E-state index contributed by atoms with van der Waals surface area (Å²) < 4.78 is 14.6. The summed E-state index contributed by atoms with van der Waals surface area (Å²) in [5, 5.41) is 0. The number of carbonyl (C=O) groups excluding carboxylic acids is 2. The van der Waals surface area contributed by atoms with Gasteiger partial charge in [-0.2, -0.15) is 0 Å². The van der Waals surface area contributed by atoms with Gasteiger partial charge in [0.2, 0.25) is 5.91 Å². The Morgan fingerprint density at radius 3 is 2.81 bits per heavy atom. The molecule has 1 aliphatic heterocycles. The Balaban J connectivity index is 1.80. The van der Waals surface area contributed by atoms with Gasteiger partial charge < -0.3 is 9.30 Å². The lowest BCUT2D eigenvalue weighted by Gasteiger charge is -2.32. The van der Waals surface area contributed by atoms with Crippen LogP contribution in [-0.2, 0) is 9.59 Å². The van der Waals surface area contributed by atoms with Crippen molar-refractivity contribution < 1.29 is 14.0 Å². The molecule has 7 heteroatoms. The highest BCUT2D eigenvalue weighted by Crippen LogP contribution is 2.18. The molecule has 0 aliphatic carbocycles. The van der Waals surface area contributed by atoms with Gasteiger partial charge in [-0.3, -0.25) is 14.5 Å². The van der Waals surface area contributed by atoms with Crippen molar-refractivity contribution in [1.29, 1.82) is 0 Å². The summed E-state index contributed by atoms with van der Waals surface area (Å²) in [6, 6.07) is 5.56. The monoisotopic (exact) mass is 288 g/mol. The van der Waals surface area contributed by atoms with Gasteiger partial charge in [-0.15, -0.1) is 0 Å². The minimum atomic E-state index is -1.05. The quantitative estimate of drug-likeness (QED) is 0.774. The molecule has 2 aromatic rings. The second-order valence-electron chi connectivity index (χ2n) is 4.74. The van der Waals surface area contributed by atoms with Crippen LogP contribution >= 0.6 is 0 Å². The fourth-order valence-corrected chi connectivity index (χ4v) is 2.31. The molecule has 1 fully saturated rings. The first-order valence-corrected chi connectivity index (χ1v) is 6.44. The second kappa shape index (κ2) is 5.01. The Bertz CT molecular complexity index is 706. The number of imidazole rings is 1. The predicted octanol–water partition coefficient (Wildman–Crippen LogP) is 0.993. The molecule has 3 heterocycles. The van der Waals surface area contributed by atoms with E-state index in [0.717, 1.165) is 10.5 Å². The van der Waals surface area contributed by atoms with E-state index in [2.05, 4.69) is 11.6 Å². The number of rotatable bonds is 2. The zero-order valence-corrected chi connectivity index (χ0v) is 11.2. The second-order valence-corrected chi connectivity index (χ2v) is 4.74. The van der Waals surface area contributed by atoms with Crippen LogP contribution in [0.25, 0.3) is 5.65 Å². The summed E-state index contributed by atoms with van der Waals surface area (Å²) in [6.45, 7) is 3.32. The van der Waals surface area contributed by atoms with E-state index in [-0.39, 0.29) is 25.5 Å². The summed E-state index contributed by atoms with van der Waals surface area (Å²) in [5.41, 5.74) is 0.732. The number of hydrogen-bond donors (Lipinski definition) is 0. The van der Waals surface area contributed by atoms with Gasteiger partial charge in [-0.1, -0.05) is 12.6 Å². The fourth-order valence-electron chi connectivity index (χ4n) is 2.31. The van der Waals surface area contributed by atoms with Gasteiger partial charge in [-0.25, -0.2) is 9.37 Å². The van der Waals surface area contributed by atoms with Crippen LogP contribution in [0.15, 0.2) is 43.0 Å². The Labute approximate surface area is 120 Å². The standard InChI is InChI=1S/C14H13FN4O2/c1-10(15)14(21)18-6-7-19(13(20)9-18)12-8-17-5-3-2-4-11(17)16-12/h2-5,8H,1,6-7,9H2. The van der Waals surface area contributed by atoms with Crippen molar-refractivity contribution in [3.8, 4) is 0 Å².